The molecule has 2 atom stereocenters. The number of halogens is 4. The van der Waals surface area contributed by atoms with Gasteiger partial charge in [-0.25, -0.2) is 4.39 Å². The Morgan fingerprint density at radius 3 is 2.14 bits per heavy atom. The van der Waals surface area contributed by atoms with Gasteiger partial charge in [0.05, 0.1) is 11.6 Å². The fraction of sp³-hybridized carbons (Fsp3) is 0.571. The van der Waals surface area contributed by atoms with Crippen molar-refractivity contribution in [2.75, 3.05) is 0 Å². The molecule has 0 bridgehead atoms. The lowest BCUT2D eigenvalue weighted by Gasteiger charge is -2.27. The van der Waals surface area contributed by atoms with Crippen molar-refractivity contribution in [3.63, 3.8) is 0 Å². The first kappa shape index (κ1) is 18.3. The number of hydrogen-bond acceptors (Lipinski definition) is 2. The third-order valence-corrected chi connectivity index (χ3v) is 4.70. The van der Waals surface area contributed by atoms with Gasteiger partial charge in [0.2, 0.25) is 0 Å². The molecule has 2 nitrogen and oxygen atoms in total. The molecule has 7 heteroatoms. The number of benzene rings is 1. The second-order valence-corrected chi connectivity index (χ2v) is 7.88. The van der Waals surface area contributed by atoms with Gasteiger partial charge in [0.1, 0.15) is 10.6 Å². The summed E-state index contributed by atoms with van der Waals surface area (Å²) in [4.78, 5) is 0. The second-order valence-electron chi connectivity index (χ2n) is 5.89. The third-order valence-electron chi connectivity index (χ3n) is 3.02. The average molecular weight is 325 g/mol. The summed E-state index contributed by atoms with van der Waals surface area (Å²) >= 11 is -1.46. The maximum absolute atomic E-state index is 13.5. The minimum Gasteiger partial charge on any atom is -0.598 e. The maximum atomic E-state index is 13.5. The molecule has 21 heavy (non-hydrogen) atoms. The van der Waals surface area contributed by atoms with E-state index in [1.807, 2.05) is 0 Å². The average Bonchev–Trinajstić information content (AvgIpc) is 2.28. The Labute approximate surface area is 125 Å². The largest absolute Gasteiger partial charge is 0.598 e. The Hall–Kier alpha value is -0.790. The molecule has 0 saturated carbocycles. The van der Waals surface area contributed by atoms with E-state index in [-0.39, 0.29) is 11.1 Å². The van der Waals surface area contributed by atoms with Crippen molar-refractivity contribution in [3.05, 3.63) is 34.6 Å². The maximum Gasteiger partial charge on any atom is 0.416 e. The van der Waals surface area contributed by atoms with E-state index in [0.29, 0.717) is 6.07 Å². The molecule has 1 rings (SSSR count). The molecule has 0 radical (unpaired) electrons. The predicted octanol–water partition coefficient (Wildman–Crippen LogP) is 4.27. The van der Waals surface area contributed by atoms with Crippen LogP contribution in [0, 0.1) is 12.7 Å². The molecule has 0 amide bonds. The molecule has 1 aromatic carbocycles. The molecule has 0 heterocycles. The zero-order valence-electron chi connectivity index (χ0n) is 12.6. The first-order valence-electron chi connectivity index (χ1n) is 6.39. The Balaban J connectivity index is 3.16. The number of rotatable bonds is 3. The second kappa shape index (κ2) is 6.14. The quantitative estimate of drug-likeness (QED) is 0.665. The summed E-state index contributed by atoms with van der Waals surface area (Å²) in [6, 6.07) is 0.857. The van der Waals surface area contributed by atoms with Crippen molar-refractivity contribution in [1.29, 1.82) is 0 Å². The minimum atomic E-state index is -4.62. The fourth-order valence-electron chi connectivity index (χ4n) is 1.85. The molecule has 0 fully saturated rings. The summed E-state index contributed by atoms with van der Waals surface area (Å²) in [5.41, 5.74) is -0.914. The van der Waals surface area contributed by atoms with Crippen LogP contribution in [0.5, 0.6) is 0 Å². The Morgan fingerprint density at radius 2 is 1.71 bits per heavy atom. The van der Waals surface area contributed by atoms with Crippen LogP contribution >= 0.6 is 0 Å². The van der Waals surface area contributed by atoms with E-state index in [1.54, 1.807) is 27.7 Å². The van der Waals surface area contributed by atoms with E-state index in [2.05, 4.69) is 4.72 Å². The van der Waals surface area contributed by atoms with Crippen LogP contribution in [0.4, 0.5) is 17.6 Å². The molecule has 0 aliphatic carbocycles. The van der Waals surface area contributed by atoms with Crippen molar-refractivity contribution in [2.45, 2.75) is 51.6 Å². The molecule has 120 valence electrons. The van der Waals surface area contributed by atoms with Crippen molar-refractivity contribution in [3.8, 4) is 0 Å². The van der Waals surface area contributed by atoms with E-state index in [4.69, 9.17) is 0 Å². The van der Waals surface area contributed by atoms with Gasteiger partial charge in [0, 0.05) is 11.4 Å². The van der Waals surface area contributed by atoms with Gasteiger partial charge in [-0.1, -0.05) is 0 Å². The lowest BCUT2D eigenvalue weighted by molar-refractivity contribution is -0.138. The van der Waals surface area contributed by atoms with Gasteiger partial charge < -0.3 is 4.55 Å². The number of alkyl halides is 3. The first-order valence-corrected chi connectivity index (χ1v) is 7.54. The molecule has 1 N–H and O–H groups in total. The lowest BCUT2D eigenvalue weighted by Crippen LogP contribution is -2.40. The van der Waals surface area contributed by atoms with Gasteiger partial charge in [0.25, 0.3) is 0 Å². The zero-order chi connectivity index (χ0) is 16.6. The zero-order valence-corrected chi connectivity index (χ0v) is 13.4. The third kappa shape index (κ3) is 4.59. The van der Waals surface area contributed by atoms with E-state index in [9.17, 15) is 22.1 Å². The van der Waals surface area contributed by atoms with E-state index in [1.165, 1.54) is 6.92 Å². The highest BCUT2D eigenvalue weighted by Gasteiger charge is 2.35. The van der Waals surface area contributed by atoms with Crippen molar-refractivity contribution >= 4 is 11.4 Å². The highest BCUT2D eigenvalue weighted by atomic mass is 32.2. The monoisotopic (exact) mass is 325 g/mol. The van der Waals surface area contributed by atoms with Gasteiger partial charge in [0.15, 0.2) is 0 Å². The van der Waals surface area contributed by atoms with Crippen LogP contribution in [0.2, 0.25) is 0 Å². The van der Waals surface area contributed by atoms with Crippen molar-refractivity contribution in [1.82, 2.24) is 4.72 Å². The highest BCUT2D eigenvalue weighted by molar-refractivity contribution is 7.90. The molecule has 0 saturated heterocycles. The summed E-state index contributed by atoms with van der Waals surface area (Å²) in [5, 5.41) is 0. The summed E-state index contributed by atoms with van der Waals surface area (Å²) in [5.74, 6) is -0.960. The predicted molar refractivity (Wildman–Crippen MR) is 75.6 cm³/mol. The number of hydrogen-bond donors (Lipinski definition) is 1. The molecule has 0 aliphatic rings. The SMILES string of the molecule is Cc1c(C(C)N[S+]([O-])C(C)(C)C)cc(F)cc1C(F)(F)F. The molecule has 1 aromatic rings. The summed E-state index contributed by atoms with van der Waals surface area (Å²) in [6.45, 7) is 8.06. The van der Waals surface area contributed by atoms with Crippen LogP contribution in [-0.2, 0) is 17.5 Å². The van der Waals surface area contributed by atoms with E-state index < -0.39 is 39.7 Å². The van der Waals surface area contributed by atoms with Crippen molar-refractivity contribution < 1.29 is 22.1 Å². The van der Waals surface area contributed by atoms with Gasteiger partial charge in [-0.15, -0.1) is 4.72 Å². The summed E-state index contributed by atoms with van der Waals surface area (Å²) in [7, 11) is 0. The Bertz CT molecular complexity index is 511. The van der Waals surface area contributed by atoms with Crippen LogP contribution in [0.3, 0.4) is 0 Å². The smallest absolute Gasteiger partial charge is 0.416 e. The Morgan fingerprint density at radius 1 is 1.19 bits per heavy atom. The standard InChI is InChI=1S/C14H19F4NOS/c1-8-11(9(2)19-21(20)13(3,4)5)6-10(15)7-12(8)14(16,17)18/h6-7,9,19H,1-5H3. The first-order chi connectivity index (χ1) is 9.34. The van der Waals surface area contributed by atoms with Gasteiger partial charge in [-0.3, -0.25) is 0 Å². The molecule has 2 unspecified atom stereocenters. The number of nitrogens with one attached hydrogen (secondary N) is 1. The van der Waals surface area contributed by atoms with Crippen LogP contribution in [0.15, 0.2) is 12.1 Å². The van der Waals surface area contributed by atoms with Gasteiger partial charge in [-0.05, 0) is 57.9 Å². The molecule has 0 aromatic heterocycles. The summed E-state index contributed by atoms with van der Waals surface area (Å²) in [6.07, 6.45) is -4.62. The summed E-state index contributed by atoms with van der Waals surface area (Å²) < 4.78 is 66.3. The lowest BCUT2D eigenvalue weighted by atomic mass is 9.97. The van der Waals surface area contributed by atoms with Gasteiger partial charge in [-0.2, -0.15) is 13.2 Å². The molecule has 0 aliphatic heterocycles. The van der Waals surface area contributed by atoms with Crippen LogP contribution in [0.1, 0.15) is 50.4 Å². The van der Waals surface area contributed by atoms with Gasteiger partial charge >= 0.3 is 6.18 Å². The molecule has 0 spiro atoms. The van der Waals surface area contributed by atoms with Crippen LogP contribution < -0.4 is 4.72 Å². The fourth-order valence-corrected chi connectivity index (χ4v) is 2.65. The van der Waals surface area contributed by atoms with Crippen LogP contribution in [0.25, 0.3) is 0 Å². The molecular weight excluding hydrogens is 306 g/mol. The topological polar surface area (TPSA) is 35.1 Å². The highest BCUT2D eigenvalue weighted by Crippen LogP contribution is 2.35. The van der Waals surface area contributed by atoms with Crippen molar-refractivity contribution in [2.24, 2.45) is 0 Å². The molecular formula is C14H19F4NOS. The minimum absolute atomic E-state index is 0.0604. The van der Waals surface area contributed by atoms with Crippen LogP contribution in [-0.4, -0.2) is 9.30 Å². The van der Waals surface area contributed by atoms with E-state index in [0.717, 1.165) is 6.07 Å². The normalized spacial score (nSPS) is 15.9. The Kier molecular flexibility index (Phi) is 5.34. The van der Waals surface area contributed by atoms with E-state index >= 15 is 0 Å².